The van der Waals surface area contributed by atoms with Gasteiger partial charge in [-0.25, -0.2) is 0 Å². The first-order valence-corrected chi connectivity index (χ1v) is 7.42. The van der Waals surface area contributed by atoms with Crippen LogP contribution in [0.15, 0.2) is 24.3 Å². The predicted molar refractivity (Wildman–Crippen MR) is 68.1 cm³/mol. The first-order valence-electron chi connectivity index (χ1n) is 6.01. The fraction of sp³-hybridized carbons (Fsp3) is 0.500. The lowest BCUT2D eigenvalue weighted by Gasteiger charge is -2.17. The van der Waals surface area contributed by atoms with Gasteiger partial charge in [-0.05, 0) is 17.7 Å². The molecule has 0 aliphatic heterocycles. The highest BCUT2D eigenvalue weighted by atomic mass is 32.2. The molecule has 23 heavy (non-hydrogen) atoms. The molecular formula is C12H13F5O5S. The van der Waals surface area contributed by atoms with Gasteiger partial charge in [0.05, 0.1) is 19.3 Å². The molecule has 1 unspecified atom stereocenters. The maximum absolute atomic E-state index is 13.2. The Morgan fingerprint density at radius 2 is 1.65 bits per heavy atom. The van der Waals surface area contributed by atoms with Crippen LogP contribution in [0, 0.1) is 0 Å². The molecule has 0 saturated carbocycles. The molecule has 0 amide bonds. The number of hydrogen-bond donors (Lipinski definition) is 1. The highest BCUT2D eigenvalue weighted by Gasteiger charge is 2.46. The van der Waals surface area contributed by atoms with Crippen LogP contribution in [0.1, 0.15) is 17.2 Å². The van der Waals surface area contributed by atoms with Crippen molar-refractivity contribution < 1.29 is 44.4 Å². The zero-order chi connectivity index (χ0) is 17.9. The van der Waals surface area contributed by atoms with E-state index in [2.05, 4.69) is 8.92 Å². The molecule has 0 aliphatic carbocycles. The lowest BCUT2D eigenvalue weighted by molar-refractivity contribution is -0.137. The largest absolute Gasteiger partial charge is 0.416 e. The molecule has 0 fully saturated rings. The number of hydrogen-bond acceptors (Lipinski definition) is 5. The van der Waals surface area contributed by atoms with Crippen LogP contribution >= 0.6 is 0 Å². The normalized spacial score (nSPS) is 14.7. The van der Waals surface area contributed by atoms with Gasteiger partial charge in [0.25, 0.3) is 0 Å². The summed E-state index contributed by atoms with van der Waals surface area (Å²) in [5.41, 5.74) is -0.942. The van der Waals surface area contributed by atoms with E-state index < -0.39 is 46.4 Å². The van der Waals surface area contributed by atoms with E-state index in [-0.39, 0.29) is 5.56 Å². The van der Waals surface area contributed by atoms with Gasteiger partial charge in [0.15, 0.2) is 0 Å². The molecule has 0 aliphatic rings. The van der Waals surface area contributed by atoms with E-state index in [0.717, 1.165) is 12.1 Å². The number of halogens is 5. The third kappa shape index (κ3) is 5.09. The molecule has 0 saturated heterocycles. The van der Waals surface area contributed by atoms with E-state index >= 15 is 0 Å². The summed E-state index contributed by atoms with van der Waals surface area (Å²) in [5, 5.41) is 5.32. The van der Waals surface area contributed by atoms with Gasteiger partial charge < -0.3 is 9.84 Å². The van der Waals surface area contributed by atoms with E-state index in [1.807, 2.05) is 0 Å². The second kappa shape index (κ2) is 7.07. The monoisotopic (exact) mass is 364 g/mol. The molecule has 0 bridgehead atoms. The van der Waals surface area contributed by atoms with Gasteiger partial charge in [-0.15, -0.1) is 0 Å². The predicted octanol–water partition coefficient (Wildman–Crippen LogP) is 2.32. The second-order valence-electron chi connectivity index (χ2n) is 4.41. The third-order valence-electron chi connectivity index (χ3n) is 2.75. The summed E-state index contributed by atoms with van der Waals surface area (Å²) in [6.45, 7) is -2.30. The fourth-order valence-corrected chi connectivity index (χ4v) is 1.95. The number of rotatable bonds is 7. The van der Waals surface area contributed by atoms with Crippen LogP contribution in [0.5, 0.6) is 0 Å². The van der Waals surface area contributed by atoms with Gasteiger partial charge in [-0.2, -0.15) is 30.4 Å². The van der Waals surface area contributed by atoms with Gasteiger partial charge >= 0.3 is 21.5 Å². The van der Waals surface area contributed by atoms with Crippen LogP contribution in [0.3, 0.4) is 0 Å². The SMILES string of the molecule is COS(=O)(=O)C(F)(F)COCC(O)c1ccc(C(F)(F)F)cc1. The van der Waals surface area contributed by atoms with Crippen molar-refractivity contribution in [2.45, 2.75) is 17.5 Å². The molecular weight excluding hydrogens is 351 g/mol. The lowest BCUT2D eigenvalue weighted by Crippen LogP contribution is -2.35. The summed E-state index contributed by atoms with van der Waals surface area (Å²) in [5.74, 6) is 0. The van der Waals surface area contributed by atoms with Crippen LogP contribution in [0.2, 0.25) is 0 Å². The standard InChI is InChI=1S/C12H13F5O5S/c1-21-23(19,20)11(13,14)7-22-6-10(18)8-2-4-9(5-3-8)12(15,16)17/h2-5,10,18H,6-7H2,1H3. The molecule has 132 valence electrons. The highest BCUT2D eigenvalue weighted by molar-refractivity contribution is 7.87. The smallest absolute Gasteiger partial charge is 0.386 e. The highest BCUT2D eigenvalue weighted by Crippen LogP contribution is 2.30. The van der Waals surface area contributed by atoms with Crippen molar-refractivity contribution in [2.24, 2.45) is 0 Å². The molecule has 0 heterocycles. The maximum Gasteiger partial charge on any atom is 0.416 e. The summed E-state index contributed by atoms with van der Waals surface area (Å²) in [6, 6.07) is 3.34. The van der Waals surface area contributed by atoms with Crippen molar-refractivity contribution in [3.8, 4) is 0 Å². The van der Waals surface area contributed by atoms with Crippen molar-refractivity contribution in [2.75, 3.05) is 20.3 Å². The van der Waals surface area contributed by atoms with Crippen molar-refractivity contribution in [1.82, 2.24) is 0 Å². The number of aliphatic hydroxyl groups is 1. The Bertz CT molecular complexity index is 612. The molecule has 1 aromatic rings. The molecule has 1 N–H and O–H groups in total. The van der Waals surface area contributed by atoms with Crippen molar-refractivity contribution in [3.05, 3.63) is 35.4 Å². The van der Waals surface area contributed by atoms with E-state index in [9.17, 15) is 35.5 Å². The molecule has 0 aromatic heterocycles. The summed E-state index contributed by atoms with van der Waals surface area (Å²) >= 11 is 0. The number of benzene rings is 1. The minimum atomic E-state index is -5.15. The first kappa shape index (κ1) is 19.7. The van der Waals surface area contributed by atoms with Crippen molar-refractivity contribution in [1.29, 1.82) is 0 Å². The van der Waals surface area contributed by atoms with Gasteiger partial charge in [0.1, 0.15) is 12.7 Å². The van der Waals surface area contributed by atoms with E-state index in [0.29, 0.717) is 19.2 Å². The average molecular weight is 364 g/mol. The maximum atomic E-state index is 13.2. The number of ether oxygens (including phenoxy) is 1. The van der Waals surface area contributed by atoms with E-state index in [4.69, 9.17) is 0 Å². The Labute approximate surface area is 128 Å². The van der Waals surface area contributed by atoms with Crippen LogP contribution < -0.4 is 0 Å². The van der Waals surface area contributed by atoms with Gasteiger partial charge in [-0.1, -0.05) is 12.1 Å². The second-order valence-corrected chi connectivity index (χ2v) is 6.25. The minimum Gasteiger partial charge on any atom is -0.386 e. The van der Waals surface area contributed by atoms with Gasteiger partial charge in [0.2, 0.25) is 0 Å². The molecule has 0 spiro atoms. The molecule has 0 radical (unpaired) electrons. The van der Waals surface area contributed by atoms with Gasteiger partial charge in [0, 0.05) is 0 Å². The van der Waals surface area contributed by atoms with Crippen LogP contribution in [0.4, 0.5) is 22.0 Å². The van der Waals surface area contributed by atoms with Gasteiger partial charge in [-0.3, -0.25) is 4.18 Å². The molecule has 1 aromatic carbocycles. The molecule has 11 heteroatoms. The van der Waals surface area contributed by atoms with Crippen LogP contribution in [-0.2, 0) is 25.2 Å². The zero-order valence-electron chi connectivity index (χ0n) is 11.7. The quantitative estimate of drug-likeness (QED) is 0.594. The lowest BCUT2D eigenvalue weighted by atomic mass is 10.1. The van der Waals surface area contributed by atoms with E-state index in [1.165, 1.54) is 0 Å². The fourth-order valence-electron chi connectivity index (χ4n) is 1.47. The van der Waals surface area contributed by atoms with Crippen LogP contribution in [0.25, 0.3) is 0 Å². The number of alkyl halides is 5. The summed E-state index contributed by atoms with van der Waals surface area (Å²) in [4.78, 5) is 0. The topological polar surface area (TPSA) is 72.8 Å². The van der Waals surface area contributed by atoms with E-state index in [1.54, 1.807) is 0 Å². The summed E-state index contributed by atoms with van der Waals surface area (Å²) < 4.78 is 93.3. The third-order valence-corrected chi connectivity index (χ3v) is 4.04. The Hall–Kier alpha value is -1.30. The Morgan fingerprint density at radius 1 is 1.13 bits per heavy atom. The minimum absolute atomic E-state index is 0.00378. The summed E-state index contributed by atoms with van der Waals surface area (Å²) in [7, 11) is -4.59. The number of aliphatic hydroxyl groups excluding tert-OH is 1. The first-order chi connectivity index (χ1) is 10.4. The Kier molecular flexibility index (Phi) is 6.07. The molecule has 5 nitrogen and oxygen atoms in total. The van der Waals surface area contributed by atoms with Crippen LogP contribution in [-0.4, -0.2) is 39.1 Å². The Morgan fingerprint density at radius 3 is 2.09 bits per heavy atom. The average Bonchev–Trinajstić information content (AvgIpc) is 2.46. The van der Waals surface area contributed by atoms with Crippen molar-refractivity contribution in [3.63, 3.8) is 0 Å². The Balaban J connectivity index is 2.63. The zero-order valence-corrected chi connectivity index (χ0v) is 12.5. The molecule has 1 atom stereocenters. The molecule has 1 rings (SSSR count). The van der Waals surface area contributed by atoms with Crippen molar-refractivity contribution >= 4 is 10.1 Å². The summed E-state index contributed by atoms with van der Waals surface area (Å²) in [6.07, 6.45) is -6.05.